The molecule has 7 nitrogen and oxygen atoms in total. The second-order valence-electron chi connectivity index (χ2n) is 7.62. The van der Waals surface area contributed by atoms with Crippen molar-refractivity contribution in [1.29, 1.82) is 0 Å². The number of benzene rings is 2. The number of carbonyl (C=O) groups excluding carboxylic acids is 2. The number of hydrogen-bond acceptors (Lipinski definition) is 4. The molecular weight excluding hydrogens is 396 g/mol. The number of carboxylic acids is 1. The van der Waals surface area contributed by atoms with Crippen molar-refractivity contribution in [3.8, 4) is 11.1 Å². The van der Waals surface area contributed by atoms with Crippen molar-refractivity contribution >= 4 is 18.0 Å². The Balaban J connectivity index is 1.64. The molecule has 3 N–H and O–H groups in total. The van der Waals surface area contributed by atoms with E-state index in [1.165, 1.54) is 0 Å². The second kappa shape index (κ2) is 10.1. The Bertz CT molecular complexity index is 913. The lowest BCUT2D eigenvalue weighted by molar-refractivity contribution is -0.142. The zero-order valence-corrected chi connectivity index (χ0v) is 17.8. The van der Waals surface area contributed by atoms with Gasteiger partial charge in [0.25, 0.3) is 0 Å². The van der Waals surface area contributed by atoms with Gasteiger partial charge in [-0.3, -0.25) is 4.79 Å². The lowest BCUT2D eigenvalue weighted by Crippen LogP contribution is -2.51. The predicted molar refractivity (Wildman–Crippen MR) is 117 cm³/mol. The first-order valence-corrected chi connectivity index (χ1v) is 10.6. The average molecular weight is 424 g/mol. The van der Waals surface area contributed by atoms with Gasteiger partial charge in [0.15, 0.2) is 0 Å². The van der Waals surface area contributed by atoms with Gasteiger partial charge in [-0.25, -0.2) is 9.59 Å². The highest BCUT2D eigenvalue weighted by atomic mass is 16.5. The maximum atomic E-state index is 12.5. The molecule has 0 heterocycles. The van der Waals surface area contributed by atoms with Crippen LogP contribution in [0, 0.1) is 0 Å². The van der Waals surface area contributed by atoms with Crippen molar-refractivity contribution in [3.05, 3.63) is 59.7 Å². The normalized spacial score (nSPS) is 14.1. The van der Waals surface area contributed by atoms with Gasteiger partial charge in [0.1, 0.15) is 18.7 Å². The fourth-order valence-electron chi connectivity index (χ4n) is 3.95. The van der Waals surface area contributed by atoms with E-state index in [9.17, 15) is 14.4 Å². The molecule has 0 bridgehead atoms. The standard InChI is InChI=1S/C24H28N2O5/c1-3-9-21(22(27)25-20(4-2)23(28)29)26-24(30)31-14-19-17-12-7-5-10-15(17)16-11-6-8-13-18(16)19/h5-8,10-13,19-21H,3-4,9,14H2,1-2H3,(H,25,27)(H,26,30)(H,28,29). The summed E-state index contributed by atoms with van der Waals surface area (Å²) in [5, 5.41) is 14.2. The third-order valence-corrected chi connectivity index (χ3v) is 5.55. The van der Waals surface area contributed by atoms with E-state index in [2.05, 4.69) is 22.8 Å². The number of carboxylic acid groups (broad SMARTS) is 1. The first-order valence-electron chi connectivity index (χ1n) is 10.6. The molecule has 0 fully saturated rings. The Morgan fingerprint density at radius 1 is 0.935 bits per heavy atom. The van der Waals surface area contributed by atoms with Crippen LogP contribution in [0.3, 0.4) is 0 Å². The van der Waals surface area contributed by atoms with Gasteiger partial charge in [0.05, 0.1) is 0 Å². The Hall–Kier alpha value is -3.35. The van der Waals surface area contributed by atoms with E-state index < -0.39 is 30.1 Å². The van der Waals surface area contributed by atoms with Crippen LogP contribution in [-0.4, -0.2) is 41.8 Å². The quantitative estimate of drug-likeness (QED) is 0.570. The molecule has 0 aromatic heterocycles. The second-order valence-corrected chi connectivity index (χ2v) is 7.62. The van der Waals surface area contributed by atoms with Crippen LogP contribution in [0.4, 0.5) is 4.79 Å². The van der Waals surface area contributed by atoms with Gasteiger partial charge in [-0.15, -0.1) is 0 Å². The highest BCUT2D eigenvalue weighted by Gasteiger charge is 2.30. The van der Waals surface area contributed by atoms with Crippen LogP contribution in [0.1, 0.15) is 50.2 Å². The first-order chi connectivity index (χ1) is 15.0. The zero-order valence-electron chi connectivity index (χ0n) is 17.8. The summed E-state index contributed by atoms with van der Waals surface area (Å²) in [7, 11) is 0. The van der Waals surface area contributed by atoms with E-state index in [4.69, 9.17) is 9.84 Å². The number of carbonyl (C=O) groups is 3. The van der Waals surface area contributed by atoms with Crippen LogP contribution in [0.25, 0.3) is 11.1 Å². The molecular formula is C24H28N2O5. The Labute approximate surface area is 181 Å². The summed E-state index contributed by atoms with van der Waals surface area (Å²) in [4.78, 5) is 36.2. The molecule has 1 aliphatic carbocycles. The van der Waals surface area contributed by atoms with E-state index in [-0.39, 0.29) is 18.9 Å². The molecule has 0 aliphatic heterocycles. The smallest absolute Gasteiger partial charge is 0.407 e. The monoisotopic (exact) mass is 424 g/mol. The Kier molecular flexibility index (Phi) is 7.28. The van der Waals surface area contributed by atoms with Crippen molar-refractivity contribution < 1.29 is 24.2 Å². The fraction of sp³-hybridized carbons (Fsp3) is 0.375. The molecule has 0 saturated carbocycles. The van der Waals surface area contributed by atoms with Crippen molar-refractivity contribution in [2.24, 2.45) is 0 Å². The Morgan fingerprint density at radius 2 is 1.52 bits per heavy atom. The first kappa shape index (κ1) is 22.3. The van der Waals surface area contributed by atoms with Crippen LogP contribution in [-0.2, 0) is 14.3 Å². The van der Waals surface area contributed by atoms with Gasteiger partial charge < -0.3 is 20.5 Å². The minimum atomic E-state index is -1.10. The molecule has 7 heteroatoms. The Morgan fingerprint density at radius 3 is 2.03 bits per heavy atom. The van der Waals surface area contributed by atoms with Crippen LogP contribution < -0.4 is 10.6 Å². The zero-order chi connectivity index (χ0) is 22.4. The predicted octanol–water partition coefficient (Wildman–Crippen LogP) is 3.67. The summed E-state index contributed by atoms with van der Waals surface area (Å²) >= 11 is 0. The molecule has 2 aromatic carbocycles. The molecule has 3 rings (SSSR count). The van der Waals surface area contributed by atoms with Gasteiger partial charge in [-0.05, 0) is 35.1 Å². The molecule has 31 heavy (non-hydrogen) atoms. The lowest BCUT2D eigenvalue weighted by atomic mass is 9.98. The number of rotatable bonds is 9. The molecule has 2 aromatic rings. The lowest BCUT2D eigenvalue weighted by Gasteiger charge is -2.21. The van der Waals surface area contributed by atoms with Crippen molar-refractivity contribution in [1.82, 2.24) is 10.6 Å². The molecule has 2 unspecified atom stereocenters. The van der Waals surface area contributed by atoms with Crippen molar-refractivity contribution in [2.75, 3.05) is 6.61 Å². The highest BCUT2D eigenvalue weighted by molar-refractivity contribution is 5.89. The largest absolute Gasteiger partial charge is 0.480 e. The summed E-state index contributed by atoms with van der Waals surface area (Å²) < 4.78 is 5.50. The third-order valence-electron chi connectivity index (χ3n) is 5.55. The molecule has 2 amide bonds. The number of amides is 2. The van der Waals surface area contributed by atoms with Crippen molar-refractivity contribution in [3.63, 3.8) is 0 Å². The van der Waals surface area contributed by atoms with Gasteiger partial charge in [0.2, 0.25) is 5.91 Å². The van der Waals surface area contributed by atoms with Gasteiger partial charge in [-0.1, -0.05) is 68.8 Å². The number of ether oxygens (including phenoxy) is 1. The maximum Gasteiger partial charge on any atom is 0.407 e. The maximum absolute atomic E-state index is 12.5. The minimum absolute atomic E-state index is 0.0758. The summed E-state index contributed by atoms with van der Waals surface area (Å²) in [5.41, 5.74) is 4.47. The highest BCUT2D eigenvalue weighted by Crippen LogP contribution is 2.44. The average Bonchev–Trinajstić information content (AvgIpc) is 3.09. The summed E-state index contributed by atoms with van der Waals surface area (Å²) in [6.07, 6.45) is 0.585. The van der Waals surface area contributed by atoms with E-state index >= 15 is 0 Å². The van der Waals surface area contributed by atoms with Crippen LogP contribution >= 0.6 is 0 Å². The van der Waals surface area contributed by atoms with Crippen LogP contribution in [0.15, 0.2) is 48.5 Å². The number of hydrogen-bond donors (Lipinski definition) is 3. The summed E-state index contributed by atoms with van der Waals surface area (Å²) in [5.74, 6) is -1.70. The molecule has 1 aliphatic rings. The minimum Gasteiger partial charge on any atom is -0.480 e. The van der Waals surface area contributed by atoms with E-state index in [0.29, 0.717) is 12.8 Å². The number of aliphatic carboxylic acids is 1. The van der Waals surface area contributed by atoms with Crippen molar-refractivity contribution in [2.45, 2.75) is 51.1 Å². The van der Waals surface area contributed by atoms with Crippen LogP contribution in [0.2, 0.25) is 0 Å². The number of nitrogens with one attached hydrogen (secondary N) is 2. The van der Waals surface area contributed by atoms with Gasteiger partial charge >= 0.3 is 12.1 Å². The third kappa shape index (κ3) is 5.05. The SMILES string of the molecule is CCCC(NC(=O)OCC1c2ccccc2-c2ccccc21)C(=O)NC(CC)C(=O)O. The van der Waals surface area contributed by atoms with Crippen LogP contribution in [0.5, 0.6) is 0 Å². The summed E-state index contributed by atoms with van der Waals surface area (Å²) in [6.45, 7) is 3.70. The molecule has 164 valence electrons. The summed E-state index contributed by atoms with van der Waals surface area (Å²) in [6, 6.07) is 14.2. The topological polar surface area (TPSA) is 105 Å². The molecule has 0 spiro atoms. The molecule has 0 saturated heterocycles. The van der Waals surface area contributed by atoms with E-state index in [1.807, 2.05) is 43.3 Å². The fourth-order valence-corrected chi connectivity index (χ4v) is 3.95. The van der Waals surface area contributed by atoms with Gasteiger partial charge in [0, 0.05) is 5.92 Å². The number of alkyl carbamates (subject to hydrolysis) is 1. The van der Waals surface area contributed by atoms with Gasteiger partial charge in [-0.2, -0.15) is 0 Å². The number of fused-ring (bicyclic) bond motifs is 3. The molecule has 2 atom stereocenters. The molecule has 0 radical (unpaired) electrons. The van der Waals surface area contributed by atoms with E-state index in [0.717, 1.165) is 22.3 Å². The van der Waals surface area contributed by atoms with E-state index in [1.54, 1.807) is 6.92 Å².